The summed E-state index contributed by atoms with van der Waals surface area (Å²) in [5, 5.41) is 3.74. The molecule has 2 aromatic carbocycles. The van der Waals surface area contributed by atoms with Gasteiger partial charge in [-0.2, -0.15) is 0 Å². The smallest absolute Gasteiger partial charge is 0.242 e. The van der Waals surface area contributed by atoms with Crippen LogP contribution in [0.15, 0.2) is 48.5 Å². The monoisotopic (exact) mass is 375 g/mol. The number of ketones is 2. The van der Waals surface area contributed by atoms with Gasteiger partial charge in [0, 0.05) is 28.6 Å². The molecule has 1 N–H and O–H groups in total. The standard InChI is InChI=1S/C19H15Cl2NO3/c20-13-3-1-11(2-4-13)12-9-16(23)18(17(24)10-12)19(25)22-15-7-5-14(21)6-8-15/h1-8,12,18H,9-10H2,(H,22,25). The van der Waals surface area contributed by atoms with E-state index in [9.17, 15) is 14.4 Å². The van der Waals surface area contributed by atoms with Gasteiger partial charge in [0.1, 0.15) is 0 Å². The van der Waals surface area contributed by atoms with E-state index in [0.29, 0.717) is 15.7 Å². The number of anilines is 1. The summed E-state index contributed by atoms with van der Waals surface area (Å²) in [6.45, 7) is 0. The Bertz CT molecular complexity index is 798. The summed E-state index contributed by atoms with van der Waals surface area (Å²) in [4.78, 5) is 37.2. The van der Waals surface area contributed by atoms with Crippen LogP contribution in [0, 0.1) is 5.92 Å². The third-order valence-corrected chi connectivity index (χ3v) is 4.76. The van der Waals surface area contributed by atoms with E-state index < -0.39 is 11.8 Å². The molecule has 1 saturated carbocycles. The third-order valence-electron chi connectivity index (χ3n) is 4.25. The van der Waals surface area contributed by atoms with Gasteiger partial charge in [-0.15, -0.1) is 0 Å². The van der Waals surface area contributed by atoms with Crippen LogP contribution in [0.5, 0.6) is 0 Å². The molecule has 0 aliphatic heterocycles. The Balaban J connectivity index is 1.71. The summed E-state index contributed by atoms with van der Waals surface area (Å²) in [7, 11) is 0. The molecule has 1 aliphatic rings. The number of carbonyl (C=O) groups excluding carboxylic acids is 3. The zero-order chi connectivity index (χ0) is 18.0. The number of carbonyl (C=O) groups is 3. The van der Waals surface area contributed by atoms with Crippen molar-refractivity contribution in [2.45, 2.75) is 18.8 Å². The quantitative estimate of drug-likeness (QED) is 0.814. The van der Waals surface area contributed by atoms with E-state index in [1.165, 1.54) is 0 Å². The Labute approximate surface area is 155 Å². The van der Waals surface area contributed by atoms with Crippen LogP contribution in [0.3, 0.4) is 0 Å². The maximum absolute atomic E-state index is 12.4. The van der Waals surface area contributed by atoms with Crippen molar-refractivity contribution in [1.82, 2.24) is 0 Å². The molecule has 1 aliphatic carbocycles. The second-order valence-electron chi connectivity index (χ2n) is 6.02. The molecular formula is C19H15Cl2NO3. The molecule has 3 rings (SSSR count). The van der Waals surface area contributed by atoms with Crippen LogP contribution in [-0.4, -0.2) is 17.5 Å². The van der Waals surface area contributed by atoms with Gasteiger partial charge in [0.05, 0.1) is 0 Å². The summed E-state index contributed by atoms with van der Waals surface area (Å²) in [6, 6.07) is 13.6. The molecule has 1 fully saturated rings. The zero-order valence-corrected chi connectivity index (χ0v) is 14.7. The molecule has 25 heavy (non-hydrogen) atoms. The van der Waals surface area contributed by atoms with Crippen LogP contribution in [0.1, 0.15) is 24.3 Å². The van der Waals surface area contributed by atoms with Crippen LogP contribution in [0.25, 0.3) is 0 Å². The lowest BCUT2D eigenvalue weighted by molar-refractivity contribution is -0.141. The summed E-state index contributed by atoms with van der Waals surface area (Å²) in [5.41, 5.74) is 1.37. The largest absolute Gasteiger partial charge is 0.325 e. The van der Waals surface area contributed by atoms with Crippen LogP contribution >= 0.6 is 23.2 Å². The van der Waals surface area contributed by atoms with Gasteiger partial charge >= 0.3 is 0 Å². The number of hydrogen-bond acceptors (Lipinski definition) is 3. The SMILES string of the molecule is O=C1CC(c2ccc(Cl)cc2)CC(=O)C1C(=O)Nc1ccc(Cl)cc1. The molecule has 0 bridgehead atoms. The highest BCUT2D eigenvalue weighted by Gasteiger charge is 2.40. The van der Waals surface area contributed by atoms with E-state index >= 15 is 0 Å². The molecule has 0 radical (unpaired) electrons. The van der Waals surface area contributed by atoms with Crippen LogP contribution < -0.4 is 5.32 Å². The summed E-state index contributed by atoms with van der Waals surface area (Å²) in [6.07, 6.45) is 0.318. The van der Waals surface area contributed by atoms with Gasteiger partial charge in [0.15, 0.2) is 17.5 Å². The maximum Gasteiger partial charge on any atom is 0.242 e. The van der Waals surface area contributed by atoms with Gasteiger partial charge in [-0.3, -0.25) is 14.4 Å². The summed E-state index contributed by atoms with van der Waals surface area (Å²) >= 11 is 11.7. The normalized spacial score (nSPS) is 20.4. The van der Waals surface area contributed by atoms with E-state index in [4.69, 9.17) is 23.2 Å². The summed E-state index contributed by atoms with van der Waals surface area (Å²) < 4.78 is 0. The van der Waals surface area contributed by atoms with Gasteiger partial charge in [-0.25, -0.2) is 0 Å². The minimum Gasteiger partial charge on any atom is -0.325 e. The van der Waals surface area contributed by atoms with Crippen molar-refractivity contribution in [2.75, 3.05) is 5.32 Å². The molecular weight excluding hydrogens is 361 g/mol. The minimum atomic E-state index is -1.25. The Morgan fingerprint density at radius 1 is 0.840 bits per heavy atom. The van der Waals surface area contributed by atoms with Gasteiger partial charge < -0.3 is 5.32 Å². The molecule has 4 nitrogen and oxygen atoms in total. The Morgan fingerprint density at radius 3 is 1.84 bits per heavy atom. The molecule has 1 amide bonds. The zero-order valence-electron chi connectivity index (χ0n) is 13.2. The fourth-order valence-electron chi connectivity index (χ4n) is 2.98. The first kappa shape index (κ1) is 17.6. The van der Waals surface area contributed by atoms with E-state index in [0.717, 1.165) is 5.56 Å². The third kappa shape index (κ3) is 4.09. The van der Waals surface area contributed by atoms with Crippen molar-refractivity contribution >= 4 is 46.4 Å². The van der Waals surface area contributed by atoms with Crippen molar-refractivity contribution < 1.29 is 14.4 Å². The fourth-order valence-corrected chi connectivity index (χ4v) is 3.24. The first-order chi connectivity index (χ1) is 11.9. The van der Waals surface area contributed by atoms with Gasteiger partial charge in [-0.1, -0.05) is 35.3 Å². The lowest BCUT2D eigenvalue weighted by Gasteiger charge is -2.26. The first-order valence-electron chi connectivity index (χ1n) is 7.81. The van der Waals surface area contributed by atoms with Crippen molar-refractivity contribution in [3.05, 3.63) is 64.1 Å². The number of hydrogen-bond donors (Lipinski definition) is 1. The van der Waals surface area contributed by atoms with Crippen molar-refractivity contribution in [1.29, 1.82) is 0 Å². The predicted octanol–water partition coefficient (Wildman–Crippen LogP) is 4.26. The number of rotatable bonds is 3. The van der Waals surface area contributed by atoms with Gasteiger partial charge in [0.2, 0.25) is 5.91 Å². The molecule has 128 valence electrons. The molecule has 0 atom stereocenters. The maximum atomic E-state index is 12.4. The number of Topliss-reactive ketones (excluding diaryl/α,β-unsaturated/α-hetero) is 2. The number of amides is 1. The molecule has 6 heteroatoms. The minimum absolute atomic E-state index is 0.159. The van der Waals surface area contributed by atoms with Crippen molar-refractivity contribution in [3.63, 3.8) is 0 Å². The molecule has 0 saturated heterocycles. The Kier molecular flexibility index (Phi) is 5.21. The van der Waals surface area contributed by atoms with Crippen molar-refractivity contribution in [3.8, 4) is 0 Å². The molecule has 0 heterocycles. The second-order valence-corrected chi connectivity index (χ2v) is 6.89. The van der Waals surface area contributed by atoms with Gasteiger partial charge in [-0.05, 0) is 47.9 Å². The lowest BCUT2D eigenvalue weighted by atomic mass is 9.76. The average Bonchev–Trinajstić information content (AvgIpc) is 2.57. The summed E-state index contributed by atoms with van der Waals surface area (Å²) in [5.74, 6) is -2.77. The Hall–Kier alpha value is -2.17. The van der Waals surface area contributed by atoms with Crippen LogP contribution in [-0.2, 0) is 14.4 Å². The predicted molar refractivity (Wildman–Crippen MR) is 97.0 cm³/mol. The highest BCUT2D eigenvalue weighted by Crippen LogP contribution is 2.33. The van der Waals surface area contributed by atoms with E-state index in [2.05, 4.69) is 5.32 Å². The van der Waals surface area contributed by atoms with E-state index in [-0.39, 0.29) is 30.3 Å². The molecule has 0 aromatic heterocycles. The van der Waals surface area contributed by atoms with Crippen LogP contribution in [0.4, 0.5) is 5.69 Å². The highest BCUT2D eigenvalue weighted by molar-refractivity contribution is 6.31. The average molecular weight is 376 g/mol. The lowest BCUT2D eigenvalue weighted by Crippen LogP contribution is -2.40. The second kappa shape index (κ2) is 7.38. The topological polar surface area (TPSA) is 63.2 Å². The van der Waals surface area contributed by atoms with E-state index in [1.54, 1.807) is 36.4 Å². The first-order valence-corrected chi connectivity index (χ1v) is 8.57. The molecule has 0 unspecified atom stereocenters. The Morgan fingerprint density at radius 2 is 1.32 bits per heavy atom. The molecule has 2 aromatic rings. The van der Waals surface area contributed by atoms with Crippen LogP contribution in [0.2, 0.25) is 10.0 Å². The molecule has 0 spiro atoms. The fraction of sp³-hybridized carbons (Fsp3) is 0.211. The number of nitrogens with one attached hydrogen (secondary N) is 1. The van der Waals surface area contributed by atoms with Gasteiger partial charge in [0.25, 0.3) is 0 Å². The van der Waals surface area contributed by atoms with Crippen molar-refractivity contribution in [2.24, 2.45) is 5.92 Å². The number of halogens is 2. The van der Waals surface area contributed by atoms with E-state index in [1.807, 2.05) is 12.1 Å². The highest BCUT2D eigenvalue weighted by atomic mass is 35.5. The number of benzene rings is 2.